The first kappa shape index (κ1) is 15.3. The summed E-state index contributed by atoms with van der Waals surface area (Å²) in [5.41, 5.74) is 1.08. The minimum atomic E-state index is -1.10. The molecule has 1 amide bonds. The number of rotatable bonds is 6. The fraction of sp³-hybridized carbons (Fsp3) is 0.429. The van der Waals surface area contributed by atoms with Crippen molar-refractivity contribution in [3.63, 3.8) is 0 Å². The topological polar surface area (TPSA) is 86.6 Å². The molecule has 0 heterocycles. The van der Waals surface area contributed by atoms with Crippen molar-refractivity contribution in [3.05, 3.63) is 35.4 Å². The van der Waals surface area contributed by atoms with Crippen LogP contribution in [0.3, 0.4) is 0 Å². The average Bonchev–Trinajstić information content (AvgIpc) is 2.43. The summed E-state index contributed by atoms with van der Waals surface area (Å²) in [4.78, 5) is 22.2. The molecule has 1 rings (SSSR count). The van der Waals surface area contributed by atoms with E-state index >= 15 is 0 Å². The molecule has 19 heavy (non-hydrogen) atoms. The predicted molar refractivity (Wildman–Crippen MR) is 70.7 cm³/mol. The fourth-order valence-corrected chi connectivity index (χ4v) is 1.65. The molecular weight excluding hydrogens is 246 g/mol. The molecule has 3 N–H and O–H groups in total. The largest absolute Gasteiger partial charge is 0.388 e. The molecule has 0 aliphatic heterocycles. The highest BCUT2D eigenvalue weighted by Gasteiger charge is 2.18. The molecule has 2 unspecified atom stereocenters. The van der Waals surface area contributed by atoms with Gasteiger partial charge in [-0.25, -0.2) is 0 Å². The second kappa shape index (κ2) is 7.01. The lowest BCUT2D eigenvalue weighted by Gasteiger charge is -2.18. The molecule has 104 valence electrons. The standard InChI is InChI=1S/C14H19NO4/c1-3-12(17)10-4-6-11(7-5-10)14(19)13(18)8-15-9(2)16/h4-7,13-14,18-19H,3,8H2,1-2H3,(H,15,16). The molecule has 0 saturated carbocycles. The summed E-state index contributed by atoms with van der Waals surface area (Å²) >= 11 is 0. The van der Waals surface area contributed by atoms with Crippen molar-refractivity contribution in [2.75, 3.05) is 6.54 Å². The molecule has 0 aromatic heterocycles. The van der Waals surface area contributed by atoms with E-state index in [4.69, 9.17) is 0 Å². The number of aliphatic hydroxyl groups is 2. The highest BCUT2D eigenvalue weighted by molar-refractivity contribution is 5.95. The molecule has 1 aromatic rings. The van der Waals surface area contributed by atoms with Crippen molar-refractivity contribution in [1.82, 2.24) is 5.32 Å². The van der Waals surface area contributed by atoms with Gasteiger partial charge in [0.05, 0.1) is 0 Å². The number of ketones is 1. The van der Waals surface area contributed by atoms with E-state index in [1.54, 1.807) is 31.2 Å². The van der Waals surface area contributed by atoms with Crippen molar-refractivity contribution in [3.8, 4) is 0 Å². The Morgan fingerprint density at radius 3 is 2.26 bits per heavy atom. The van der Waals surface area contributed by atoms with Gasteiger partial charge in [-0.15, -0.1) is 0 Å². The van der Waals surface area contributed by atoms with Crippen LogP contribution in [-0.4, -0.2) is 34.6 Å². The monoisotopic (exact) mass is 265 g/mol. The first-order valence-electron chi connectivity index (χ1n) is 6.19. The van der Waals surface area contributed by atoms with Crippen LogP contribution in [-0.2, 0) is 4.79 Å². The minimum absolute atomic E-state index is 0.0217. The normalized spacial score (nSPS) is 13.7. The summed E-state index contributed by atoms with van der Waals surface area (Å²) in [6.07, 6.45) is -1.76. The van der Waals surface area contributed by atoms with Gasteiger partial charge in [0, 0.05) is 25.5 Å². The van der Waals surface area contributed by atoms with Crippen LogP contribution >= 0.6 is 0 Å². The van der Waals surface area contributed by atoms with Crippen LogP contribution in [0.15, 0.2) is 24.3 Å². The number of amides is 1. The predicted octanol–water partition coefficient (Wildman–Crippen LogP) is 0.810. The van der Waals surface area contributed by atoms with Crippen LogP contribution in [0.2, 0.25) is 0 Å². The third-order valence-electron chi connectivity index (χ3n) is 2.82. The summed E-state index contributed by atoms with van der Waals surface area (Å²) in [6.45, 7) is 3.10. The van der Waals surface area contributed by atoms with E-state index in [-0.39, 0.29) is 18.2 Å². The number of nitrogens with one attached hydrogen (secondary N) is 1. The van der Waals surface area contributed by atoms with E-state index in [9.17, 15) is 19.8 Å². The average molecular weight is 265 g/mol. The zero-order valence-electron chi connectivity index (χ0n) is 11.1. The van der Waals surface area contributed by atoms with E-state index in [1.165, 1.54) is 6.92 Å². The summed E-state index contributed by atoms with van der Waals surface area (Å²) in [7, 11) is 0. The van der Waals surface area contributed by atoms with Crippen molar-refractivity contribution in [1.29, 1.82) is 0 Å². The highest BCUT2D eigenvalue weighted by Crippen LogP contribution is 2.18. The van der Waals surface area contributed by atoms with Crippen LogP contribution < -0.4 is 5.32 Å². The molecule has 0 fully saturated rings. The third-order valence-corrected chi connectivity index (χ3v) is 2.82. The van der Waals surface area contributed by atoms with Crippen LogP contribution in [0.5, 0.6) is 0 Å². The van der Waals surface area contributed by atoms with Gasteiger partial charge in [-0.2, -0.15) is 0 Å². The second-order valence-electron chi connectivity index (χ2n) is 4.35. The fourth-order valence-electron chi connectivity index (χ4n) is 1.65. The Hall–Kier alpha value is -1.72. The van der Waals surface area contributed by atoms with Gasteiger partial charge in [0.1, 0.15) is 12.2 Å². The summed E-state index contributed by atoms with van der Waals surface area (Å²) in [6, 6.07) is 6.44. The van der Waals surface area contributed by atoms with Crippen molar-refractivity contribution >= 4 is 11.7 Å². The quantitative estimate of drug-likeness (QED) is 0.664. The van der Waals surface area contributed by atoms with Gasteiger partial charge in [-0.3, -0.25) is 9.59 Å². The lowest BCUT2D eigenvalue weighted by Crippen LogP contribution is -2.34. The first-order valence-corrected chi connectivity index (χ1v) is 6.19. The Morgan fingerprint density at radius 1 is 1.21 bits per heavy atom. The zero-order valence-corrected chi connectivity index (χ0v) is 11.1. The second-order valence-corrected chi connectivity index (χ2v) is 4.35. The molecule has 0 bridgehead atoms. The van der Waals surface area contributed by atoms with E-state index < -0.39 is 12.2 Å². The number of benzene rings is 1. The molecule has 5 heteroatoms. The SMILES string of the molecule is CCC(=O)c1ccc(C(O)C(O)CNC(C)=O)cc1. The van der Waals surface area contributed by atoms with E-state index in [0.717, 1.165) is 0 Å². The Labute approximate surface area is 112 Å². The van der Waals surface area contributed by atoms with Crippen LogP contribution in [0.1, 0.15) is 42.3 Å². The Balaban J connectivity index is 2.69. The lowest BCUT2D eigenvalue weighted by molar-refractivity contribution is -0.119. The summed E-state index contributed by atoms with van der Waals surface area (Å²) in [5, 5.41) is 22.0. The number of carbonyl (C=O) groups excluding carboxylic acids is 2. The van der Waals surface area contributed by atoms with Crippen LogP contribution in [0, 0.1) is 0 Å². The number of Topliss-reactive ketones (excluding diaryl/α,β-unsaturated/α-hetero) is 1. The van der Waals surface area contributed by atoms with E-state index in [2.05, 4.69) is 5.32 Å². The molecule has 2 atom stereocenters. The number of carbonyl (C=O) groups is 2. The summed E-state index contributed by atoms with van der Waals surface area (Å²) in [5.74, 6) is -0.241. The van der Waals surface area contributed by atoms with Gasteiger partial charge in [0.15, 0.2) is 5.78 Å². The number of aliphatic hydroxyl groups excluding tert-OH is 2. The van der Waals surface area contributed by atoms with Crippen molar-refractivity contribution in [2.45, 2.75) is 32.5 Å². The molecule has 0 saturated heterocycles. The maximum atomic E-state index is 11.4. The smallest absolute Gasteiger partial charge is 0.216 e. The van der Waals surface area contributed by atoms with E-state index in [0.29, 0.717) is 17.5 Å². The van der Waals surface area contributed by atoms with Gasteiger partial charge >= 0.3 is 0 Å². The minimum Gasteiger partial charge on any atom is -0.388 e. The molecule has 0 spiro atoms. The lowest BCUT2D eigenvalue weighted by atomic mass is 10.0. The van der Waals surface area contributed by atoms with Gasteiger partial charge in [-0.1, -0.05) is 31.2 Å². The number of hydrogen-bond acceptors (Lipinski definition) is 4. The molecular formula is C14H19NO4. The Kier molecular flexibility index (Phi) is 5.66. The van der Waals surface area contributed by atoms with Gasteiger partial charge in [-0.05, 0) is 5.56 Å². The van der Waals surface area contributed by atoms with Crippen LogP contribution in [0.25, 0.3) is 0 Å². The molecule has 0 radical (unpaired) electrons. The maximum Gasteiger partial charge on any atom is 0.216 e. The van der Waals surface area contributed by atoms with Crippen molar-refractivity contribution in [2.24, 2.45) is 0 Å². The highest BCUT2D eigenvalue weighted by atomic mass is 16.3. The van der Waals surface area contributed by atoms with Gasteiger partial charge in [0.2, 0.25) is 5.91 Å². The molecule has 5 nitrogen and oxygen atoms in total. The third kappa shape index (κ3) is 4.46. The first-order chi connectivity index (χ1) is 8.95. The van der Waals surface area contributed by atoms with Crippen LogP contribution in [0.4, 0.5) is 0 Å². The maximum absolute atomic E-state index is 11.4. The molecule has 1 aromatic carbocycles. The molecule has 0 aliphatic rings. The van der Waals surface area contributed by atoms with Gasteiger partial charge < -0.3 is 15.5 Å². The summed E-state index contributed by atoms with van der Waals surface area (Å²) < 4.78 is 0. The van der Waals surface area contributed by atoms with E-state index in [1.807, 2.05) is 0 Å². The Morgan fingerprint density at radius 2 is 1.79 bits per heavy atom. The van der Waals surface area contributed by atoms with Gasteiger partial charge in [0.25, 0.3) is 0 Å². The van der Waals surface area contributed by atoms with Crippen molar-refractivity contribution < 1.29 is 19.8 Å². The molecule has 0 aliphatic carbocycles. The Bertz CT molecular complexity index is 441. The zero-order chi connectivity index (χ0) is 14.4. The number of hydrogen-bond donors (Lipinski definition) is 3.